The van der Waals surface area contributed by atoms with Crippen LogP contribution in [0.25, 0.3) is 0 Å². The second kappa shape index (κ2) is 5.68. The fourth-order valence-corrected chi connectivity index (χ4v) is 3.14. The molecule has 0 bridgehead atoms. The Hall–Kier alpha value is -1.55. The van der Waals surface area contributed by atoms with Gasteiger partial charge in [0.25, 0.3) is 0 Å². The Balaban J connectivity index is 1.57. The summed E-state index contributed by atoms with van der Waals surface area (Å²) < 4.78 is 11.2. The summed E-state index contributed by atoms with van der Waals surface area (Å²) in [5.74, 6) is 1.02. The zero-order valence-electron chi connectivity index (χ0n) is 12.8. The molecule has 0 aliphatic carbocycles. The molecule has 2 aliphatic heterocycles. The average molecular weight is 289 g/mol. The fraction of sp³-hybridized carbons (Fsp3) is 0.588. The second-order valence-electron chi connectivity index (χ2n) is 6.58. The minimum absolute atomic E-state index is 0.0793. The molecule has 0 radical (unpaired) electrons. The van der Waals surface area contributed by atoms with Gasteiger partial charge in [0.2, 0.25) is 5.91 Å². The van der Waals surface area contributed by atoms with Gasteiger partial charge in [0.15, 0.2) is 0 Å². The van der Waals surface area contributed by atoms with Crippen LogP contribution in [-0.2, 0) is 22.4 Å². The van der Waals surface area contributed by atoms with Crippen LogP contribution < -0.4 is 10.1 Å². The summed E-state index contributed by atoms with van der Waals surface area (Å²) >= 11 is 0. The number of hydrogen-bond donors (Lipinski definition) is 1. The first kappa shape index (κ1) is 14.4. The quantitative estimate of drug-likeness (QED) is 0.928. The molecule has 4 heteroatoms. The molecule has 1 N–H and O–H groups in total. The summed E-state index contributed by atoms with van der Waals surface area (Å²) in [7, 11) is 0. The molecule has 0 saturated carbocycles. The average Bonchev–Trinajstić information content (AvgIpc) is 2.84. The smallest absolute Gasteiger partial charge is 0.224 e. The highest BCUT2D eigenvalue weighted by atomic mass is 16.5. The SMILES string of the molecule is CC1(C)C[C@H](NC(=O)Cc2ccc3c(c2)OCC3)CCO1. The first-order valence-corrected chi connectivity index (χ1v) is 7.70. The normalized spacial score (nSPS) is 23.2. The highest BCUT2D eigenvalue weighted by Gasteiger charge is 2.29. The van der Waals surface area contributed by atoms with Gasteiger partial charge in [0, 0.05) is 19.1 Å². The third-order valence-electron chi connectivity index (χ3n) is 4.19. The number of amides is 1. The zero-order chi connectivity index (χ0) is 14.9. The van der Waals surface area contributed by atoms with Gasteiger partial charge in [0.1, 0.15) is 5.75 Å². The predicted molar refractivity (Wildman–Crippen MR) is 80.5 cm³/mol. The van der Waals surface area contributed by atoms with Gasteiger partial charge in [-0.25, -0.2) is 0 Å². The zero-order valence-corrected chi connectivity index (χ0v) is 12.8. The van der Waals surface area contributed by atoms with E-state index >= 15 is 0 Å². The Labute approximate surface area is 125 Å². The number of nitrogens with one attached hydrogen (secondary N) is 1. The van der Waals surface area contributed by atoms with Gasteiger partial charge in [-0.05, 0) is 43.9 Å². The van der Waals surface area contributed by atoms with Crippen molar-refractivity contribution in [3.05, 3.63) is 29.3 Å². The molecule has 0 unspecified atom stereocenters. The second-order valence-corrected chi connectivity index (χ2v) is 6.58. The molecule has 21 heavy (non-hydrogen) atoms. The lowest BCUT2D eigenvalue weighted by molar-refractivity contribution is -0.123. The van der Waals surface area contributed by atoms with Gasteiger partial charge < -0.3 is 14.8 Å². The number of fused-ring (bicyclic) bond motifs is 1. The topological polar surface area (TPSA) is 47.6 Å². The van der Waals surface area contributed by atoms with Crippen molar-refractivity contribution in [2.75, 3.05) is 13.2 Å². The Kier molecular flexibility index (Phi) is 3.89. The fourth-order valence-electron chi connectivity index (χ4n) is 3.14. The van der Waals surface area contributed by atoms with Crippen LogP contribution in [0, 0.1) is 0 Å². The maximum absolute atomic E-state index is 12.2. The first-order chi connectivity index (χ1) is 10.0. The lowest BCUT2D eigenvalue weighted by Crippen LogP contribution is -2.46. The molecular formula is C17H23NO3. The summed E-state index contributed by atoms with van der Waals surface area (Å²) in [5.41, 5.74) is 2.11. The summed E-state index contributed by atoms with van der Waals surface area (Å²) in [4.78, 5) is 12.2. The Morgan fingerprint density at radius 2 is 2.24 bits per heavy atom. The van der Waals surface area contributed by atoms with Crippen molar-refractivity contribution in [3.63, 3.8) is 0 Å². The van der Waals surface area contributed by atoms with E-state index in [2.05, 4.69) is 25.2 Å². The summed E-state index contributed by atoms with van der Waals surface area (Å²) in [5, 5.41) is 3.13. The molecule has 1 aromatic rings. The van der Waals surface area contributed by atoms with E-state index in [0.717, 1.165) is 37.2 Å². The van der Waals surface area contributed by atoms with Crippen LogP contribution in [0.2, 0.25) is 0 Å². The third kappa shape index (κ3) is 3.56. The van der Waals surface area contributed by atoms with E-state index in [4.69, 9.17) is 9.47 Å². The summed E-state index contributed by atoms with van der Waals surface area (Å²) in [6.45, 7) is 5.61. The van der Waals surface area contributed by atoms with Crippen molar-refractivity contribution in [1.82, 2.24) is 5.32 Å². The molecule has 1 saturated heterocycles. The van der Waals surface area contributed by atoms with E-state index in [1.807, 2.05) is 12.1 Å². The van der Waals surface area contributed by atoms with E-state index in [0.29, 0.717) is 13.0 Å². The molecule has 114 valence electrons. The molecule has 0 spiro atoms. The van der Waals surface area contributed by atoms with Crippen molar-refractivity contribution in [2.24, 2.45) is 0 Å². The van der Waals surface area contributed by atoms with Crippen molar-refractivity contribution in [2.45, 2.75) is 51.2 Å². The lowest BCUT2D eigenvalue weighted by atomic mass is 9.94. The van der Waals surface area contributed by atoms with Crippen molar-refractivity contribution >= 4 is 5.91 Å². The first-order valence-electron chi connectivity index (χ1n) is 7.70. The van der Waals surface area contributed by atoms with E-state index in [9.17, 15) is 4.79 Å². The summed E-state index contributed by atoms with van der Waals surface area (Å²) in [6.07, 6.45) is 3.14. The maximum atomic E-state index is 12.2. The monoisotopic (exact) mass is 289 g/mol. The van der Waals surface area contributed by atoms with Crippen LogP contribution in [-0.4, -0.2) is 30.8 Å². The highest BCUT2D eigenvalue weighted by molar-refractivity contribution is 5.79. The number of carbonyl (C=O) groups is 1. The van der Waals surface area contributed by atoms with E-state index < -0.39 is 0 Å². The number of hydrogen-bond acceptors (Lipinski definition) is 3. The van der Waals surface area contributed by atoms with Crippen LogP contribution >= 0.6 is 0 Å². The number of carbonyl (C=O) groups excluding carboxylic acids is 1. The molecule has 1 atom stereocenters. The number of ether oxygens (including phenoxy) is 2. The third-order valence-corrected chi connectivity index (χ3v) is 4.19. The van der Waals surface area contributed by atoms with Crippen molar-refractivity contribution < 1.29 is 14.3 Å². The standard InChI is InChI=1S/C17H23NO3/c1-17(2)11-14(6-8-21-17)18-16(19)10-12-3-4-13-5-7-20-15(13)9-12/h3-4,9,14H,5-8,10-11H2,1-2H3,(H,18,19)/t14-/m1/s1. The van der Waals surface area contributed by atoms with Gasteiger partial charge >= 0.3 is 0 Å². The van der Waals surface area contributed by atoms with Crippen LogP contribution in [0.3, 0.4) is 0 Å². The van der Waals surface area contributed by atoms with Crippen LogP contribution in [0.15, 0.2) is 18.2 Å². The lowest BCUT2D eigenvalue weighted by Gasteiger charge is -2.35. The van der Waals surface area contributed by atoms with E-state index in [-0.39, 0.29) is 17.6 Å². The Morgan fingerprint density at radius 3 is 3.05 bits per heavy atom. The van der Waals surface area contributed by atoms with Crippen molar-refractivity contribution in [1.29, 1.82) is 0 Å². The van der Waals surface area contributed by atoms with Gasteiger partial charge in [0.05, 0.1) is 18.6 Å². The molecule has 2 aliphatic rings. The minimum atomic E-state index is -0.141. The predicted octanol–water partition coefficient (Wildman–Crippen LogP) is 2.24. The van der Waals surface area contributed by atoms with Gasteiger partial charge in [-0.1, -0.05) is 12.1 Å². The van der Waals surface area contributed by atoms with E-state index in [1.165, 1.54) is 5.56 Å². The molecular weight excluding hydrogens is 266 g/mol. The molecule has 3 rings (SSSR count). The minimum Gasteiger partial charge on any atom is -0.493 e. The Morgan fingerprint density at radius 1 is 1.38 bits per heavy atom. The van der Waals surface area contributed by atoms with Gasteiger partial charge in [-0.3, -0.25) is 4.79 Å². The number of benzene rings is 1. The largest absolute Gasteiger partial charge is 0.493 e. The summed E-state index contributed by atoms with van der Waals surface area (Å²) in [6, 6.07) is 6.31. The van der Waals surface area contributed by atoms with Crippen LogP contribution in [0.1, 0.15) is 37.8 Å². The van der Waals surface area contributed by atoms with Crippen LogP contribution in [0.4, 0.5) is 0 Å². The van der Waals surface area contributed by atoms with Crippen LogP contribution in [0.5, 0.6) is 5.75 Å². The molecule has 4 nitrogen and oxygen atoms in total. The molecule has 1 aromatic carbocycles. The molecule has 1 amide bonds. The van der Waals surface area contributed by atoms with Gasteiger partial charge in [-0.15, -0.1) is 0 Å². The molecule has 2 heterocycles. The number of rotatable bonds is 3. The molecule has 0 aromatic heterocycles. The van der Waals surface area contributed by atoms with E-state index in [1.54, 1.807) is 0 Å². The maximum Gasteiger partial charge on any atom is 0.224 e. The highest BCUT2D eigenvalue weighted by Crippen LogP contribution is 2.27. The van der Waals surface area contributed by atoms with Crippen molar-refractivity contribution in [3.8, 4) is 5.75 Å². The Bertz CT molecular complexity index is 539. The molecule has 1 fully saturated rings. The van der Waals surface area contributed by atoms with Gasteiger partial charge in [-0.2, -0.15) is 0 Å².